The lowest BCUT2D eigenvalue weighted by molar-refractivity contribution is -0.149. The lowest BCUT2D eigenvalue weighted by atomic mass is 9.83. The molecule has 98 valence electrons. The molecule has 2 aliphatic rings. The van der Waals surface area contributed by atoms with Gasteiger partial charge in [-0.05, 0) is 36.1 Å². The minimum atomic E-state index is -0.699. The maximum absolute atomic E-state index is 11.5. The van der Waals surface area contributed by atoms with Gasteiger partial charge in [-0.2, -0.15) is 0 Å². The van der Waals surface area contributed by atoms with Crippen molar-refractivity contribution in [2.24, 2.45) is 5.41 Å². The van der Waals surface area contributed by atoms with Gasteiger partial charge in [0.1, 0.15) is 0 Å². The lowest BCUT2D eigenvalue weighted by Gasteiger charge is -2.27. The quantitative estimate of drug-likeness (QED) is 0.877. The molecule has 2 aliphatic carbocycles. The Balaban J connectivity index is 1.82. The summed E-state index contributed by atoms with van der Waals surface area (Å²) in [5, 5.41) is 21.3. The van der Waals surface area contributed by atoms with Crippen molar-refractivity contribution in [3.8, 4) is 0 Å². The minimum Gasteiger partial charge on any atom is -0.481 e. The summed E-state index contributed by atoms with van der Waals surface area (Å²) in [4.78, 5) is 11.5. The zero-order valence-electron chi connectivity index (χ0n) is 10.4. The Morgan fingerprint density at radius 1 is 1.33 bits per heavy atom. The summed E-state index contributed by atoms with van der Waals surface area (Å²) >= 11 is 0. The summed E-state index contributed by atoms with van der Waals surface area (Å²) in [6.45, 7) is 0.432. The highest BCUT2D eigenvalue weighted by Crippen LogP contribution is 2.41. The first kappa shape index (κ1) is 11.6. The van der Waals surface area contributed by atoms with Crippen LogP contribution in [0.5, 0.6) is 0 Å². The Labute approximate surface area is 105 Å². The number of aliphatic carboxylic acids is 1. The molecule has 0 unspecified atom stereocenters. The Morgan fingerprint density at radius 2 is 2.06 bits per heavy atom. The molecule has 1 heterocycles. The van der Waals surface area contributed by atoms with Crippen molar-refractivity contribution >= 4 is 5.97 Å². The fourth-order valence-electron chi connectivity index (χ4n) is 3.06. The zero-order valence-corrected chi connectivity index (χ0v) is 10.4. The second-order valence-electron chi connectivity index (χ2n) is 5.62. The topological polar surface area (TPSA) is 80.9 Å². The summed E-state index contributed by atoms with van der Waals surface area (Å²) in [7, 11) is 0. The van der Waals surface area contributed by atoms with Crippen LogP contribution in [-0.4, -0.2) is 31.3 Å². The van der Waals surface area contributed by atoms with Crippen LogP contribution >= 0.6 is 0 Å². The first-order valence-corrected chi connectivity index (χ1v) is 6.71. The van der Waals surface area contributed by atoms with Gasteiger partial charge in [0, 0.05) is 5.92 Å². The highest BCUT2D eigenvalue weighted by Gasteiger charge is 2.43. The fraction of sp³-hybridized carbons (Fsp3) is 0.833. The summed E-state index contributed by atoms with van der Waals surface area (Å²) < 4.78 is 1.74. The number of carboxylic acids is 1. The normalized spacial score (nSPS) is 22.9. The van der Waals surface area contributed by atoms with Gasteiger partial charge in [0.15, 0.2) is 5.82 Å². The van der Waals surface area contributed by atoms with E-state index >= 15 is 0 Å². The molecule has 1 aromatic heterocycles. The van der Waals surface area contributed by atoms with Gasteiger partial charge >= 0.3 is 5.97 Å². The average Bonchev–Trinajstić information content (AvgIpc) is 2.88. The predicted octanol–water partition coefficient (Wildman–Crippen LogP) is 1.59. The number of nitrogens with zero attached hydrogens (tertiary/aromatic N) is 4. The van der Waals surface area contributed by atoms with Crippen LogP contribution < -0.4 is 0 Å². The van der Waals surface area contributed by atoms with E-state index in [-0.39, 0.29) is 0 Å². The van der Waals surface area contributed by atoms with Crippen molar-refractivity contribution < 1.29 is 9.90 Å². The molecule has 0 spiro atoms. The molecular formula is C12H18N4O2. The molecule has 0 aromatic carbocycles. The Hall–Kier alpha value is -1.46. The van der Waals surface area contributed by atoms with E-state index in [9.17, 15) is 9.90 Å². The maximum Gasteiger partial charge on any atom is 0.311 e. The molecule has 2 saturated carbocycles. The smallest absolute Gasteiger partial charge is 0.311 e. The second kappa shape index (κ2) is 4.33. The Morgan fingerprint density at radius 3 is 2.61 bits per heavy atom. The van der Waals surface area contributed by atoms with Gasteiger partial charge in [0.2, 0.25) is 0 Å². The van der Waals surface area contributed by atoms with Crippen molar-refractivity contribution in [2.75, 3.05) is 0 Å². The number of hydrogen-bond acceptors (Lipinski definition) is 4. The fourth-order valence-corrected chi connectivity index (χ4v) is 3.06. The third kappa shape index (κ3) is 1.79. The van der Waals surface area contributed by atoms with E-state index in [0.29, 0.717) is 12.5 Å². The number of tetrazole rings is 1. The van der Waals surface area contributed by atoms with Crippen LogP contribution in [0.2, 0.25) is 0 Å². The molecule has 2 fully saturated rings. The monoisotopic (exact) mass is 250 g/mol. The van der Waals surface area contributed by atoms with Crippen molar-refractivity contribution in [1.29, 1.82) is 0 Å². The second-order valence-corrected chi connectivity index (χ2v) is 5.62. The highest BCUT2D eigenvalue weighted by molar-refractivity contribution is 5.74. The number of aromatic nitrogens is 4. The van der Waals surface area contributed by atoms with E-state index in [0.717, 1.165) is 44.3 Å². The third-order valence-electron chi connectivity index (χ3n) is 4.50. The highest BCUT2D eigenvalue weighted by atomic mass is 16.4. The third-order valence-corrected chi connectivity index (χ3v) is 4.50. The molecule has 3 rings (SSSR count). The summed E-state index contributed by atoms with van der Waals surface area (Å²) in [5.74, 6) is 0.621. The van der Waals surface area contributed by atoms with Crippen LogP contribution in [0.1, 0.15) is 56.7 Å². The molecule has 0 amide bonds. The molecule has 0 atom stereocenters. The van der Waals surface area contributed by atoms with Crippen molar-refractivity contribution in [1.82, 2.24) is 20.2 Å². The van der Waals surface area contributed by atoms with E-state index in [4.69, 9.17) is 0 Å². The number of carboxylic acid groups (broad SMARTS) is 1. The first-order chi connectivity index (χ1) is 8.71. The molecule has 0 bridgehead atoms. The van der Waals surface area contributed by atoms with E-state index in [1.807, 2.05) is 0 Å². The molecule has 6 heteroatoms. The van der Waals surface area contributed by atoms with Crippen molar-refractivity contribution in [3.05, 3.63) is 5.82 Å². The minimum absolute atomic E-state index is 0.432. The van der Waals surface area contributed by atoms with Gasteiger partial charge in [-0.3, -0.25) is 4.79 Å². The van der Waals surface area contributed by atoms with E-state index < -0.39 is 11.4 Å². The predicted molar refractivity (Wildman–Crippen MR) is 62.9 cm³/mol. The van der Waals surface area contributed by atoms with Gasteiger partial charge in [-0.15, -0.1) is 5.10 Å². The van der Waals surface area contributed by atoms with Crippen LogP contribution in [0.25, 0.3) is 0 Å². The summed E-state index contributed by atoms with van der Waals surface area (Å²) in [5.41, 5.74) is -0.645. The average molecular weight is 250 g/mol. The Bertz CT molecular complexity index is 447. The van der Waals surface area contributed by atoms with Gasteiger partial charge in [0.05, 0.1) is 12.0 Å². The van der Waals surface area contributed by atoms with Gasteiger partial charge in [-0.1, -0.05) is 19.3 Å². The van der Waals surface area contributed by atoms with Crippen molar-refractivity contribution in [2.45, 2.75) is 57.4 Å². The molecule has 18 heavy (non-hydrogen) atoms. The number of carbonyl (C=O) groups is 1. The number of rotatable bonds is 4. The van der Waals surface area contributed by atoms with Gasteiger partial charge in [0.25, 0.3) is 0 Å². The molecular weight excluding hydrogens is 232 g/mol. The standard InChI is InChI=1S/C12H18N4O2/c17-11(18)12(6-1-2-7-12)8-16-10(13-14-15-16)9-4-3-5-9/h9H,1-8H2,(H,17,18). The SMILES string of the molecule is O=C(O)C1(Cn2nnnc2C2CCC2)CCCC1. The summed E-state index contributed by atoms with van der Waals surface area (Å²) in [6.07, 6.45) is 6.95. The molecule has 6 nitrogen and oxygen atoms in total. The number of hydrogen-bond donors (Lipinski definition) is 1. The largest absolute Gasteiger partial charge is 0.481 e. The van der Waals surface area contributed by atoms with Crippen molar-refractivity contribution in [3.63, 3.8) is 0 Å². The molecule has 0 aliphatic heterocycles. The van der Waals surface area contributed by atoms with Crippen LogP contribution in [0.15, 0.2) is 0 Å². The van der Waals surface area contributed by atoms with Gasteiger partial charge in [-0.25, -0.2) is 4.68 Å². The summed E-state index contributed by atoms with van der Waals surface area (Å²) in [6, 6.07) is 0. The first-order valence-electron chi connectivity index (χ1n) is 6.71. The molecule has 1 N–H and O–H groups in total. The molecule has 0 saturated heterocycles. The van der Waals surface area contributed by atoms with Crippen LogP contribution in [0.3, 0.4) is 0 Å². The Kier molecular flexibility index (Phi) is 2.80. The van der Waals surface area contributed by atoms with Gasteiger partial charge < -0.3 is 5.11 Å². The van der Waals surface area contributed by atoms with E-state index in [2.05, 4.69) is 15.5 Å². The maximum atomic E-state index is 11.5. The van der Waals surface area contributed by atoms with E-state index in [1.54, 1.807) is 4.68 Å². The lowest BCUT2D eigenvalue weighted by Crippen LogP contribution is -2.34. The molecule has 0 radical (unpaired) electrons. The van der Waals surface area contributed by atoms with Crippen LogP contribution in [0.4, 0.5) is 0 Å². The van der Waals surface area contributed by atoms with Crippen LogP contribution in [-0.2, 0) is 11.3 Å². The zero-order chi connectivity index (χ0) is 12.6. The van der Waals surface area contributed by atoms with E-state index in [1.165, 1.54) is 6.42 Å². The molecule has 1 aromatic rings. The van der Waals surface area contributed by atoms with Crippen LogP contribution in [0, 0.1) is 5.41 Å².